The highest BCUT2D eigenvalue weighted by atomic mass is 16.5. The van der Waals surface area contributed by atoms with Crippen LogP contribution >= 0.6 is 0 Å². The van der Waals surface area contributed by atoms with E-state index in [2.05, 4.69) is 10.1 Å². The molecule has 0 saturated heterocycles. The summed E-state index contributed by atoms with van der Waals surface area (Å²) in [5.74, 6) is -0.525. The summed E-state index contributed by atoms with van der Waals surface area (Å²) in [6.07, 6.45) is 4.94. The molecule has 0 aliphatic heterocycles. The topological polar surface area (TPSA) is 77.2 Å². The smallest absolute Gasteiger partial charge is 0.354 e. The van der Waals surface area contributed by atoms with Crippen LogP contribution < -0.4 is 4.74 Å². The maximum atomic E-state index is 10.6. The monoisotopic (exact) mass is 233 g/mol. The van der Waals surface area contributed by atoms with Crippen LogP contribution in [-0.4, -0.2) is 25.8 Å². The molecule has 0 unspecified atom stereocenters. The summed E-state index contributed by atoms with van der Waals surface area (Å²) in [7, 11) is 1.83. The molecule has 0 aliphatic carbocycles. The summed E-state index contributed by atoms with van der Waals surface area (Å²) >= 11 is 0. The molecule has 2 aromatic heterocycles. The van der Waals surface area contributed by atoms with Crippen LogP contribution in [0.2, 0.25) is 0 Å². The number of rotatable bonds is 4. The normalized spacial score (nSPS) is 10.2. The lowest BCUT2D eigenvalue weighted by Gasteiger charge is -2.03. The molecule has 1 N–H and O–H groups in total. The molecule has 0 atom stereocenters. The van der Waals surface area contributed by atoms with E-state index in [1.165, 1.54) is 12.3 Å². The molecular weight excluding hydrogens is 222 g/mol. The molecule has 17 heavy (non-hydrogen) atoms. The van der Waals surface area contributed by atoms with Crippen molar-refractivity contribution < 1.29 is 14.6 Å². The fourth-order valence-electron chi connectivity index (χ4n) is 1.31. The lowest BCUT2D eigenvalue weighted by atomic mass is 10.3. The zero-order valence-corrected chi connectivity index (χ0v) is 9.20. The first kappa shape index (κ1) is 11.1. The van der Waals surface area contributed by atoms with Gasteiger partial charge in [-0.2, -0.15) is 5.10 Å². The lowest BCUT2D eigenvalue weighted by molar-refractivity contribution is 0.0690. The third kappa shape index (κ3) is 2.81. The minimum atomic E-state index is -1.05. The number of pyridine rings is 1. The van der Waals surface area contributed by atoms with Gasteiger partial charge in [0, 0.05) is 18.8 Å². The van der Waals surface area contributed by atoms with Gasteiger partial charge in [-0.3, -0.25) is 4.68 Å². The van der Waals surface area contributed by atoms with Crippen LogP contribution in [0.5, 0.6) is 5.75 Å². The Morgan fingerprint density at radius 2 is 2.29 bits per heavy atom. The number of carboxylic acid groups (broad SMARTS) is 1. The molecule has 0 fully saturated rings. The predicted molar refractivity (Wildman–Crippen MR) is 58.7 cm³/mol. The van der Waals surface area contributed by atoms with E-state index in [0.717, 1.165) is 5.56 Å². The van der Waals surface area contributed by atoms with Crippen molar-refractivity contribution in [3.63, 3.8) is 0 Å². The molecule has 2 heterocycles. The minimum Gasteiger partial charge on any atom is -0.487 e. The Morgan fingerprint density at radius 3 is 2.82 bits per heavy atom. The molecule has 0 saturated carbocycles. The van der Waals surface area contributed by atoms with Crippen LogP contribution in [0.1, 0.15) is 16.1 Å². The van der Waals surface area contributed by atoms with E-state index in [0.29, 0.717) is 12.4 Å². The van der Waals surface area contributed by atoms with Crippen molar-refractivity contribution in [3.8, 4) is 5.75 Å². The molecule has 6 heteroatoms. The van der Waals surface area contributed by atoms with Crippen molar-refractivity contribution in [1.82, 2.24) is 14.8 Å². The summed E-state index contributed by atoms with van der Waals surface area (Å²) in [5.41, 5.74) is 0.938. The van der Waals surface area contributed by atoms with Crippen LogP contribution in [0, 0.1) is 0 Å². The number of aromatic carboxylic acids is 1. The Morgan fingerprint density at radius 1 is 1.47 bits per heavy atom. The molecule has 0 spiro atoms. The van der Waals surface area contributed by atoms with Crippen LogP contribution in [0.3, 0.4) is 0 Å². The molecule has 2 rings (SSSR count). The van der Waals surface area contributed by atoms with Crippen LogP contribution in [0.4, 0.5) is 0 Å². The van der Waals surface area contributed by atoms with E-state index in [1.54, 1.807) is 16.9 Å². The fraction of sp³-hybridized carbons (Fsp3) is 0.182. The second kappa shape index (κ2) is 4.65. The highest BCUT2D eigenvalue weighted by Gasteiger charge is 2.04. The van der Waals surface area contributed by atoms with Crippen molar-refractivity contribution in [2.24, 2.45) is 7.05 Å². The van der Waals surface area contributed by atoms with Crippen LogP contribution in [0.25, 0.3) is 0 Å². The number of nitrogens with zero attached hydrogens (tertiary/aromatic N) is 3. The molecule has 0 bridgehead atoms. The molecule has 2 aromatic rings. The maximum Gasteiger partial charge on any atom is 0.354 e. The zero-order chi connectivity index (χ0) is 12.3. The van der Waals surface area contributed by atoms with Crippen LogP contribution in [-0.2, 0) is 13.7 Å². The SMILES string of the molecule is Cn1cc(COc2ccc(C(=O)O)nc2)cn1. The van der Waals surface area contributed by atoms with Crippen molar-refractivity contribution in [2.75, 3.05) is 0 Å². The molecule has 0 aromatic carbocycles. The van der Waals surface area contributed by atoms with Crippen molar-refractivity contribution >= 4 is 5.97 Å². The summed E-state index contributed by atoms with van der Waals surface area (Å²) < 4.78 is 7.12. The number of hydrogen-bond donors (Lipinski definition) is 1. The second-order valence-electron chi connectivity index (χ2n) is 3.50. The summed E-state index contributed by atoms with van der Waals surface area (Å²) in [4.78, 5) is 14.3. The number of carboxylic acids is 1. The minimum absolute atomic E-state index is 0.00118. The van der Waals surface area contributed by atoms with Gasteiger partial charge in [-0.15, -0.1) is 0 Å². The third-order valence-electron chi connectivity index (χ3n) is 2.12. The van der Waals surface area contributed by atoms with Gasteiger partial charge in [0.15, 0.2) is 0 Å². The van der Waals surface area contributed by atoms with Gasteiger partial charge in [0.2, 0.25) is 0 Å². The Balaban J connectivity index is 1.97. The van der Waals surface area contributed by atoms with Gasteiger partial charge in [-0.1, -0.05) is 0 Å². The first-order valence-corrected chi connectivity index (χ1v) is 4.95. The Bertz CT molecular complexity index is 519. The lowest BCUT2D eigenvalue weighted by Crippen LogP contribution is -2.00. The van der Waals surface area contributed by atoms with Gasteiger partial charge in [0.25, 0.3) is 0 Å². The number of aromatic nitrogens is 3. The Hall–Kier alpha value is -2.37. The van der Waals surface area contributed by atoms with E-state index < -0.39 is 5.97 Å². The van der Waals surface area contributed by atoms with E-state index in [4.69, 9.17) is 9.84 Å². The number of hydrogen-bond acceptors (Lipinski definition) is 4. The van der Waals surface area contributed by atoms with Gasteiger partial charge in [-0.25, -0.2) is 9.78 Å². The standard InChI is InChI=1S/C11H11N3O3/c1-14-6-8(4-13-14)7-17-9-2-3-10(11(15)16)12-5-9/h2-6H,7H2,1H3,(H,15,16). The number of ether oxygens (including phenoxy) is 1. The van der Waals surface area contributed by atoms with Gasteiger partial charge >= 0.3 is 5.97 Å². The van der Waals surface area contributed by atoms with Gasteiger partial charge in [0.1, 0.15) is 18.1 Å². The Kier molecular flexibility index (Phi) is 3.04. The van der Waals surface area contributed by atoms with E-state index in [1.807, 2.05) is 13.2 Å². The highest BCUT2D eigenvalue weighted by molar-refractivity contribution is 5.85. The van der Waals surface area contributed by atoms with Gasteiger partial charge in [0.05, 0.1) is 12.4 Å². The Labute approximate surface area is 97.5 Å². The zero-order valence-electron chi connectivity index (χ0n) is 9.20. The second-order valence-corrected chi connectivity index (χ2v) is 3.50. The van der Waals surface area contributed by atoms with Crippen molar-refractivity contribution in [3.05, 3.63) is 42.0 Å². The van der Waals surface area contributed by atoms with Crippen molar-refractivity contribution in [1.29, 1.82) is 0 Å². The van der Waals surface area contributed by atoms with Crippen molar-refractivity contribution in [2.45, 2.75) is 6.61 Å². The fourth-order valence-corrected chi connectivity index (χ4v) is 1.31. The van der Waals surface area contributed by atoms with E-state index in [9.17, 15) is 4.79 Å². The average Bonchev–Trinajstić information content (AvgIpc) is 2.73. The first-order chi connectivity index (χ1) is 8.15. The quantitative estimate of drug-likeness (QED) is 0.855. The van der Waals surface area contributed by atoms with Gasteiger partial charge < -0.3 is 9.84 Å². The maximum absolute atomic E-state index is 10.6. The molecule has 0 amide bonds. The number of carbonyl (C=O) groups is 1. The molecule has 0 radical (unpaired) electrons. The predicted octanol–water partition coefficient (Wildman–Crippen LogP) is 1.09. The summed E-state index contributed by atoms with van der Waals surface area (Å²) in [5, 5.41) is 12.7. The summed E-state index contributed by atoms with van der Waals surface area (Å²) in [6.45, 7) is 0.377. The first-order valence-electron chi connectivity index (χ1n) is 4.95. The molecular formula is C11H11N3O3. The average molecular weight is 233 g/mol. The molecule has 88 valence electrons. The highest BCUT2D eigenvalue weighted by Crippen LogP contribution is 2.11. The number of aryl methyl sites for hydroxylation is 1. The third-order valence-corrected chi connectivity index (χ3v) is 2.12. The van der Waals surface area contributed by atoms with E-state index in [-0.39, 0.29) is 5.69 Å². The van der Waals surface area contributed by atoms with E-state index >= 15 is 0 Å². The molecule has 0 aliphatic rings. The van der Waals surface area contributed by atoms with Crippen LogP contribution in [0.15, 0.2) is 30.7 Å². The summed E-state index contributed by atoms with van der Waals surface area (Å²) in [6, 6.07) is 2.98. The largest absolute Gasteiger partial charge is 0.487 e. The molecule has 6 nitrogen and oxygen atoms in total. The van der Waals surface area contributed by atoms with Gasteiger partial charge in [-0.05, 0) is 12.1 Å².